The number of hydrogen-bond acceptors (Lipinski definition) is 2. The first kappa shape index (κ1) is 12.2. The maximum absolute atomic E-state index is 10.0. The molecular weight excluding hydrogens is 154 g/mol. The van der Waals surface area contributed by atoms with Crippen LogP contribution >= 0.6 is 12.4 Å². The van der Waals surface area contributed by atoms with Gasteiger partial charge in [0.2, 0.25) is 0 Å². The first-order valence-corrected chi connectivity index (χ1v) is 2.78. The fraction of sp³-hybridized carbons (Fsp3) is 0.500. The summed E-state index contributed by atoms with van der Waals surface area (Å²) in [7, 11) is 0. The van der Waals surface area contributed by atoms with Crippen molar-refractivity contribution in [1.29, 1.82) is 0 Å². The second kappa shape index (κ2) is 6.58. The van der Waals surface area contributed by atoms with Gasteiger partial charge in [-0.3, -0.25) is 4.79 Å². The van der Waals surface area contributed by atoms with Crippen molar-refractivity contribution in [1.82, 2.24) is 0 Å². The van der Waals surface area contributed by atoms with Crippen LogP contribution in [0.3, 0.4) is 0 Å². The highest BCUT2D eigenvalue weighted by Crippen LogP contribution is 1.88. The Morgan fingerprint density at radius 2 is 2.30 bits per heavy atom. The Hall–Kier alpha value is -0.540. The van der Waals surface area contributed by atoms with E-state index in [9.17, 15) is 4.79 Å². The molecule has 10 heavy (non-hydrogen) atoms. The van der Waals surface area contributed by atoms with Crippen LogP contribution in [0.4, 0.5) is 0 Å². The van der Waals surface area contributed by atoms with Crippen LogP contribution in [0.5, 0.6) is 0 Å². The van der Waals surface area contributed by atoms with E-state index >= 15 is 0 Å². The molecule has 0 rings (SSSR count). The third-order valence-electron chi connectivity index (χ3n) is 0.943. The van der Waals surface area contributed by atoms with Crippen LogP contribution in [0.2, 0.25) is 0 Å². The van der Waals surface area contributed by atoms with Gasteiger partial charge in [0.1, 0.15) is 6.04 Å². The molecule has 60 valence electrons. The molecule has 0 aliphatic rings. The van der Waals surface area contributed by atoms with Gasteiger partial charge in [-0.2, -0.15) is 0 Å². The lowest BCUT2D eigenvalue weighted by Crippen LogP contribution is -2.29. The summed E-state index contributed by atoms with van der Waals surface area (Å²) in [6.45, 7) is 1.83. The molecule has 0 saturated carbocycles. The Kier molecular flexibility index (Phi) is 8.00. The van der Waals surface area contributed by atoms with E-state index in [-0.39, 0.29) is 12.4 Å². The third-order valence-corrected chi connectivity index (χ3v) is 0.943. The Balaban J connectivity index is 0. The largest absolute Gasteiger partial charge is 0.480 e. The molecular formula is C6H12ClNO2. The number of carbonyl (C=O) groups is 1. The van der Waals surface area contributed by atoms with Crippen molar-refractivity contribution in [2.45, 2.75) is 19.4 Å². The number of hydrogen-bond donors (Lipinski definition) is 2. The van der Waals surface area contributed by atoms with Crippen molar-refractivity contribution in [3.63, 3.8) is 0 Å². The van der Waals surface area contributed by atoms with Gasteiger partial charge in [0.15, 0.2) is 0 Å². The number of nitrogens with two attached hydrogens (primary N) is 1. The Bertz CT molecular complexity index is 125. The van der Waals surface area contributed by atoms with Gasteiger partial charge in [-0.1, -0.05) is 12.2 Å². The summed E-state index contributed by atoms with van der Waals surface area (Å²) in [6.07, 6.45) is 3.92. The highest BCUT2D eigenvalue weighted by Gasteiger charge is 2.07. The number of allylic oxidation sites excluding steroid dienone is 1. The van der Waals surface area contributed by atoms with E-state index in [1.54, 1.807) is 12.2 Å². The zero-order chi connectivity index (χ0) is 7.28. The molecule has 1 atom stereocenters. The van der Waals surface area contributed by atoms with Gasteiger partial charge < -0.3 is 10.8 Å². The lowest BCUT2D eigenvalue weighted by Gasteiger charge is -1.98. The molecule has 1 unspecified atom stereocenters. The zero-order valence-corrected chi connectivity index (χ0v) is 6.60. The van der Waals surface area contributed by atoms with Gasteiger partial charge in [-0.15, -0.1) is 12.4 Å². The van der Waals surface area contributed by atoms with Crippen LogP contribution in [0, 0.1) is 0 Å². The molecule has 0 aromatic rings. The lowest BCUT2D eigenvalue weighted by molar-refractivity contribution is -0.138. The summed E-state index contributed by atoms with van der Waals surface area (Å²) in [6, 6.07) is -0.749. The van der Waals surface area contributed by atoms with Crippen molar-refractivity contribution in [3.05, 3.63) is 12.2 Å². The molecule has 0 aromatic carbocycles. The van der Waals surface area contributed by atoms with E-state index < -0.39 is 12.0 Å². The molecule has 0 amide bonds. The molecule has 0 aliphatic heterocycles. The minimum atomic E-state index is -0.951. The summed E-state index contributed by atoms with van der Waals surface area (Å²) in [5, 5.41) is 8.25. The monoisotopic (exact) mass is 165 g/mol. The second-order valence-corrected chi connectivity index (χ2v) is 1.75. The Labute approximate surface area is 66.3 Å². The van der Waals surface area contributed by atoms with Crippen LogP contribution in [0.1, 0.15) is 13.3 Å². The predicted molar refractivity (Wildman–Crippen MR) is 42.3 cm³/mol. The average molecular weight is 166 g/mol. The second-order valence-electron chi connectivity index (χ2n) is 1.75. The normalized spacial score (nSPS) is 12.6. The topological polar surface area (TPSA) is 63.3 Å². The van der Waals surface area contributed by atoms with E-state index in [2.05, 4.69) is 0 Å². The van der Waals surface area contributed by atoms with Gasteiger partial charge in [-0.05, 0) is 13.3 Å². The van der Waals surface area contributed by atoms with Crippen LogP contribution in [-0.2, 0) is 4.79 Å². The third kappa shape index (κ3) is 5.59. The molecule has 0 spiro atoms. The molecule has 0 radical (unpaired) electrons. The van der Waals surface area contributed by atoms with Gasteiger partial charge in [0.05, 0.1) is 0 Å². The molecule has 0 bridgehead atoms. The van der Waals surface area contributed by atoms with Crippen LogP contribution in [0.25, 0.3) is 0 Å². The lowest BCUT2D eigenvalue weighted by atomic mass is 10.2. The maximum atomic E-state index is 10.0. The van der Waals surface area contributed by atoms with Crippen molar-refractivity contribution in [2.24, 2.45) is 5.73 Å². The molecule has 0 fully saturated rings. The predicted octanol–water partition coefficient (Wildman–Crippen LogP) is 0.786. The smallest absolute Gasteiger partial charge is 0.320 e. The standard InChI is InChI=1S/C6H11NO2.ClH/c1-2-3-4-5(7)6(8)9;/h2-3,5H,4,7H2,1H3,(H,8,9);1H/b3-2+;. The molecule has 4 heteroatoms. The maximum Gasteiger partial charge on any atom is 0.320 e. The highest BCUT2D eigenvalue weighted by molar-refractivity contribution is 5.85. The summed E-state index contributed by atoms with van der Waals surface area (Å²) >= 11 is 0. The molecule has 3 nitrogen and oxygen atoms in total. The quantitative estimate of drug-likeness (QED) is 0.608. The highest BCUT2D eigenvalue weighted by atomic mass is 35.5. The summed E-state index contributed by atoms with van der Waals surface area (Å²) in [5.41, 5.74) is 5.15. The first-order chi connectivity index (χ1) is 4.18. The van der Waals surface area contributed by atoms with Gasteiger partial charge >= 0.3 is 5.97 Å². The molecule has 0 aromatic heterocycles. The van der Waals surface area contributed by atoms with E-state index in [1.807, 2.05) is 6.92 Å². The summed E-state index contributed by atoms with van der Waals surface area (Å²) in [4.78, 5) is 10.0. The van der Waals surface area contributed by atoms with Gasteiger partial charge in [-0.25, -0.2) is 0 Å². The van der Waals surface area contributed by atoms with E-state index in [0.717, 1.165) is 0 Å². The fourth-order valence-corrected chi connectivity index (χ4v) is 0.384. The fourth-order valence-electron chi connectivity index (χ4n) is 0.384. The summed E-state index contributed by atoms with van der Waals surface area (Å²) in [5.74, 6) is -0.951. The minimum absolute atomic E-state index is 0. The number of aliphatic carboxylic acids is 1. The summed E-state index contributed by atoms with van der Waals surface area (Å²) < 4.78 is 0. The van der Waals surface area contributed by atoms with Crippen molar-refractivity contribution < 1.29 is 9.90 Å². The molecule has 3 N–H and O–H groups in total. The van der Waals surface area contributed by atoms with Crippen molar-refractivity contribution >= 4 is 18.4 Å². The number of halogens is 1. The van der Waals surface area contributed by atoms with E-state index in [1.165, 1.54) is 0 Å². The average Bonchev–Trinajstić information content (AvgIpc) is 1.82. The molecule has 0 heterocycles. The minimum Gasteiger partial charge on any atom is -0.480 e. The molecule has 0 aliphatic carbocycles. The van der Waals surface area contributed by atoms with Crippen LogP contribution < -0.4 is 5.73 Å². The van der Waals surface area contributed by atoms with Crippen LogP contribution in [0.15, 0.2) is 12.2 Å². The van der Waals surface area contributed by atoms with Crippen molar-refractivity contribution in [3.8, 4) is 0 Å². The van der Waals surface area contributed by atoms with E-state index in [0.29, 0.717) is 6.42 Å². The molecule has 0 saturated heterocycles. The zero-order valence-electron chi connectivity index (χ0n) is 5.78. The SMILES string of the molecule is C/C=C/CC(N)C(=O)O.Cl. The van der Waals surface area contributed by atoms with Crippen LogP contribution in [-0.4, -0.2) is 17.1 Å². The van der Waals surface area contributed by atoms with Gasteiger partial charge in [0.25, 0.3) is 0 Å². The first-order valence-electron chi connectivity index (χ1n) is 2.78. The number of rotatable bonds is 3. The van der Waals surface area contributed by atoms with E-state index in [4.69, 9.17) is 10.8 Å². The van der Waals surface area contributed by atoms with Crippen molar-refractivity contribution in [2.75, 3.05) is 0 Å². The Morgan fingerprint density at radius 1 is 1.80 bits per heavy atom. The Morgan fingerprint density at radius 3 is 2.60 bits per heavy atom. The number of carboxylic acids is 1. The van der Waals surface area contributed by atoms with Gasteiger partial charge in [0, 0.05) is 0 Å². The number of carboxylic acid groups (broad SMARTS) is 1.